The molecule has 84 valence electrons. The minimum absolute atomic E-state index is 0.574. The molecular weight excluding hydrogens is 184 g/mol. The van der Waals surface area contributed by atoms with E-state index in [4.69, 9.17) is 5.73 Å². The maximum absolute atomic E-state index is 5.50. The van der Waals surface area contributed by atoms with Gasteiger partial charge in [0.05, 0.1) is 0 Å². The van der Waals surface area contributed by atoms with Crippen molar-refractivity contribution in [3.8, 4) is 0 Å². The molecule has 0 saturated carbocycles. The van der Waals surface area contributed by atoms with E-state index in [1.165, 1.54) is 11.1 Å². The van der Waals surface area contributed by atoms with Gasteiger partial charge in [0.1, 0.15) is 0 Å². The van der Waals surface area contributed by atoms with Crippen LogP contribution in [0.3, 0.4) is 0 Å². The van der Waals surface area contributed by atoms with Crippen LogP contribution in [0.25, 0.3) is 5.57 Å². The van der Waals surface area contributed by atoms with E-state index in [9.17, 15) is 0 Å². The Morgan fingerprint density at radius 1 is 1.53 bits per heavy atom. The zero-order valence-electron chi connectivity index (χ0n) is 10.0. The Morgan fingerprint density at radius 3 is 2.73 bits per heavy atom. The van der Waals surface area contributed by atoms with E-state index in [1.807, 2.05) is 0 Å². The number of hydrogen-bond acceptors (Lipinski definition) is 1. The minimum Gasteiger partial charge on any atom is -0.357 e. The Labute approximate surface area is 92.8 Å². The molecule has 0 unspecified atom stereocenters. The van der Waals surface area contributed by atoms with Crippen molar-refractivity contribution in [2.24, 2.45) is 18.7 Å². The number of allylic oxidation sites excluding steroid dienone is 2. The van der Waals surface area contributed by atoms with Gasteiger partial charge in [0, 0.05) is 19.4 Å². The molecule has 0 saturated heterocycles. The van der Waals surface area contributed by atoms with Gasteiger partial charge in [-0.1, -0.05) is 19.9 Å². The molecule has 2 heteroatoms. The van der Waals surface area contributed by atoms with Crippen molar-refractivity contribution in [2.45, 2.75) is 26.7 Å². The lowest BCUT2D eigenvalue weighted by Gasteiger charge is -2.09. The summed E-state index contributed by atoms with van der Waals surface area (Å²) in [6.45, 7) is 5.25. The van der Waals surface area contributed by atoms with Crippen LogP contribution in [-0.4, -0.2) is 11.1 Å². The van der Waals surface area contributed by atoms with Crippen molar-refractivity contribution in [2.75, 3.05) is 6.54 Å². The monoisotopic (exact) mass is 206 g/mol. The predicted octanol–water partition coefficient (Wildman–Crippen LogP) is 2.80. The van der Waals surface area contributed by atoms with Crippen LogP contribution in [0, 0.1) is 5.92 Å². The lowest BCUT2D eigenvalue weighted by molar-refractivity contribution is 0.823. The molecule has 0 fully saturated rings. The van der Waals surface area contributed by atoms with E-state index in [1.54, 1.807) is 0 Å². The van der Waals surface area contributed by atoms with Crippen molar-refractivity contribution < 1.29 is 0 Å². The maximum Gasteiger partial charge on any atom is 0.0107 e. The van der Waals surface area contributed by atoms with E-state index in [0.717, 1.165) is 19.4 Å². The van der Waals surface area contributed by atoms with Crippen LogP contribution < -0.4 is 5.73 Å². The van der Waals surface area contributed by atoms with Gasteiger partial charge in [-0.2, -0.15) is 0 Å². The van der Waals surface area contributed by atoms with E-state index in [-0.39, 0.29) is 0 Å². The summed E-state index contributed by atoms with van der Waals surface area (Å²) >= 11 is 0. The summed E-state index contributed by atoms with van der Waals surface area (Å²) in [7, 11) is 2.06. The number of rotatable bonds is 5. The second-order valence-electron chi connectivity index (χ2n) is 4.31. The summed E-state index contributed by atoms with van der Waals surface area (Å²) in [5.41, 5.74) is 8.27. The first-order valence-corrected chi connectivity index (χ1v) is 5.67. The second-order valence-corrected chi connectivity index (χ2v) is 4.31. The van der Waals surface area contributed by atoms with E-state index >= 15 is 0 Å². The van der Waals surface area contributed by atoms with Crippen molar-refractivity contribution in [1.82, 2.24) is 4.57 Å². The fourth-order valence-electron chi connectivity index (χ4n) is 1.74. The molecule has 1 heterocycles. The average molecular weight is 206 g/mol. The minimum atomic E-state index is 0.574. The van der Waals surface area contributed by atoms with Gasteiger partial charge >= 0.3 is 0 Å². The average Bonchev–Trinajstić information content (AvgIpc) is 2.59. The third-order valence-corrected chi connectivity index (χ3v) is 2.56. The lowest BCUT2D eigenvalue weighted by Crippen LogP contribution is -1.98. The molecule has 2 nitrogen and oxygen atoms in total. The molecule has 0 aliphatic rings. The zero-order chi connectivity index (χ0) is 11.3. The second kappa shape index (κ2) is 5.76. The summed E-state index contributed by atoms with van der Waals surface area (Å²) in [5, 5.41) is 0. The Hall–Kier alpha value is -1.02. The highest BCUT2D eigenvalue weighted by Crippen LogP contribution is 2.23. The van der Waals surface area contributed by atoms with Gasteiger partial charge in [-0.3, -0.25) is 0 Å². The number of hydrogen-bond donors (Lipinski definition) is 1. The van der Waals surface area contributed by atoms with E-state index in [2.05, 4.69) is 50.0 Å². The Kier molecular flexibility index (Phi) is 4.63. The molecule has 0 bridgehead atoms. The Bertz CT molecular complexity index is 321. The first-order valence-electron chi connectivity index (χ1n) is 5.67. The van der Waals surface area contributed by atoms with Crippen LogP contribution in [0.4, 0.5) is 0 Å². The van der Waals surface area contributed by atoms with Gasteiger partial charge in [0.2, 0.25) is 0 Å². The van der Waals surface area contributed by atoms with Crippen LogP contribution in [0.5, 0.6) is 0 Å². The van der Waals surface area contributed by atoms with Gasteiger partial charge in [0.15, 0.2) is 0 Å². The number of unbranched alkanes of at least 4 members (excludes halogenated alkanes) is 1. The molecule has 2 N–H and O–H groups in total. The highest BCUT2D eigenvalue weighted by Gasteiger charge is 2.06. The third kappa shape index (κ3) is 3.56. The molecule has 1 aromatic rings. The van der Waals surface area contributed by atoms with Crippen LogP contribution >= 0.6 is 0 Å². The number of nitrogens with two attached hydrogens (primary N) is 1. The molecule has 0 radical (unpaired) electrons. The van der Waals surface area contributed by atoms with E-state index in [0.29, 0.717) is 5.92 Å². The summed E-state index contributed by atoms with van der Waals surface area (Å²) in [6.07, 6.45) is 8.75. The summed E-state index contributed by atoms with van der Waals surface area (Å²) in [5.74, 6) is 0.574. The summed E-state index contributed by atoms with van der Waals surface area (Å²) in [6, 6.07) is 2.17. The van der Waals surface area contributed by atoms with Crippen LogP contribution in [0.2, 0.25) is 0 Å². The number of aromatic nitrogens is 1. The number of nitrogens with zero attached hydrogens (tertiary/aromatic N) is 1. The fraction of sp³-hybridized carbons (Fsp3) is 0.538. The molecular formula is C13H22N2. The number of aryl methyl sites for hydroxylation is 1. The van der Waals surface area contributed by atoms with Crippen molar-refractivity contribution >= 4 is 5.57 Å². The molecule has 0 aliphatic heterocycles. The SMILES string of the molecule is CC(C)/C(=C\CCCN)c1ccn(C)c1. The molecule has 0 spiro atoms. The molecule has 1 aromatic heterocycles. The maximum atomic E-state index is 5.50. The smallest absolute Gasteiger partial charge is 0.0107 e. The van der Waals surface area contributed by atoms with Crippen LogP contribution in [0.1, 0.15) is 32.3 Å². The molecule has 0 aromatic carbocycles. The Morgan fingerprint density at radius 2 is 2.27 bits per heavy atom. The van der Waals surface area contributed by atoms with Crippen LogP contribution in [0.15, 0.2) is 24.5 Å². The topological polar surface area (TPSA) is 30.9 Å². The fourth-order valence-corrected chi connectivity index (χ4v) is 1.74. The quantitative estimate of drug-likeness (QED) is 0.738. The normalized spacial score (nSPS) is 12.5. The molecule has 0 aliphatic carbocycles. The predicted molar refractivity (Wildman–Crippen MR) is 66.5 cm³/mol. The largest absolute Gasteiger partial charge is 0.357 e. The molecule has 0 amide bonds. The van der Waals surface area contributed by atoms with Crippen LogP contribution in [-0.2, 0) is 7.05 Å². The Balaban J connectivity index is 2.78. The van der Waals surface area contributed by atoms with Gasteiger partial charge in [-0.05, 0) is 42.5 Å². The molecule has 15 heavy (non-hydrogen) atoms. The standard InChI is InChI=1S/C13H22N2/c1-11(2)13(6-4-5-8-14)12-7-9-15(3)10-12/h6-7,9-11H,4-5,8,14H2,1-3H3/b13-6+. The first-order chi connectivity index (χ1) is 7.15. The van der Waals surface area contributed by atoms with Gasteiger partial charge in [0.25, 0.3) is 0 Å². The molecule has 0 atom stereocenters. The lowest BCUT2D eigenvalue weighted by atomic mass is 9.96. The van der Waals surface area contributed by atoms with E-state index < -0.39 is 0 Å². The highest BCUT2D eigenvalue weighted by atomic mass is 14.9. The first kappa shape index (κ1) is 12.1. The van der Waals surface area contributed by atoms with Crippen molar-refractivity contribution in [3.63, 3.8) is 0 Å². The zero-order valence-corrected chi connectivity index (χ0v) is 10.0. The van der Waals surface area contributed by atoms with Crippen molar-refractivity contribution in [3.05, 3.63) is 30.1 Å². The van der Waals surface area contributed by atoms with Gasteiger partial charge in [-0.25, -0.2) is 0 Å². The highest BCUT2D eigenvalue weighted by molar-refractivity contribution is 5.66. The summed E-state index contributed by atoms with van der Waals surface area (Å²) in [4.78, 5) is 0. The molecule has 1 rings (SSSR count). The van der Waals surface area contributed by atoms with Gasteiger partial charge < -0.3 is 10.3 Å². The van der Waals surface area contributed by atoms with Crippen molar-refractivity contribution in [1.29, 1.82) is 0 Å². The summed E-state index contributed by atoms with van der Waals surface area (Å²) < 4.78 is 2.09. The van der Waals surface area contributed by atoms with Gasteiger partial charge in [-0.15, -0.1) is 0 Å². The third-order valence-electron chi connectivity index (χ3n) is 2.56.